The van der Waals surface area contributed by atoms with Gasteiger partial charge in [-0.2, -0.15) is 0 Å². The van der Waals surface area contributed by atoms with Crippen LogP contribution in [0.1, 0.15) is 28.4 Å². The number of nitro benzene ring substituents is 1. The number of hydrogen-bond donors (Lipinski definition) is 1. The van der Waals surface area contributed by atoms with Crippen LogP contribution in [0.2, 0.25) is 0 Å². The molecule has 0 saturated carbocycles. The van der Waals surface area contributed by atoms with Gasteiger partial charge in [0.15, 0.2) is 0 Å². The largest absolute Gasteiger partial charge is 0.496 e. The Labute approximate surface area is 191 Å². The molecular weight excluding hydrogens is 424 g/mol. The molecule has 1 N–H and O–H groups in total. The summed E-state index contributed by atoms with van der Waals surface area (Å²) in [6.07, 6.45) is -1.36. The molecule has 0 aliphatic carbocycles. The first kappa shape index (κ1) is 23.5. The highest BCUT2D eigenvalue weighted by Gasteiger charge is 2.27. The molecule has 0 aliphatic heterocycles. The lowest BCUT2D eigenvalue weighted by Gasteiger charge is -2.18. The highest BCUT2D eigenvalue weighted by molar-refractivity contribution is 5.97. The van der Waals surface area contributed by atoms with E-state index in [0.717, 1.165) is 5.56 Å². The van der Waals surface area contributed by atoms with Crippen LogP contribution in [-0.2, 0) is 20.7 Å². The number of carbonyl (C=O) groups is 2. The molecule has 8 heteroatoms. The molecule has 1 atom stereocenters. The molecule has 33 heavy (non-hydrogen) atoms. The summed E-state index contributed by atoms with van der Waals surface area (Å²) in [5.74, 6) is -0.671. The number of carbonyl (C=O) groups excluding carboxylic acids is 2. The molecule has 0 radical (unpaired) electrons. The van der Waals surface area contributed by atoms with Gasteiger partial charge in [0.25, 0.3) is 11.6 Å². The summed E-state index contributed by atoms with van der Waals surface area (Å²) < 4.78 is 10.8. The lowest BCUT2D eigenvalue weighted by atomic mass is 10.1. The van der Waals surface area contributed by atoms with Crippen molar-refractivity contribution in [2.24, 2.45) is 0 Å². The van der Waals surface area contributed by atoms with E-state index < -0.39 is 22.9 Å². The lowest BCUT2D eigenvalue weighted by Crippen LogP contribution is -2.26. The fraction of sp³-hybridized carbons (Fsp3) is 0.200. The first-order chi connectivity index (χ1) is 15.8. The SMILES string of the molecule is COc1cc(CC(=O)OC(C(=O)Nc2ccc(C)cc2[N+](=O)[O-])c2ccccc2)ccc1C. The predicted octanol–water partition coefficient (Wildman–Crippen LogP) is 4.69. The number of ether oxygens (including phenoxy) is 2. The maximum Gasteiger partial charge on any atom is 0.311 e. The number of nitrogens with one attached hydrogen (secondary N) is 1. The van der Waals surface area contributed by atoms with Crippen molar-refractivity contribution in [3.05, 3.63) is 99.1 Å². The maximum atomic E-state index is 13.1. The Morgan fingerprint density at radius 1 is 1.03 bits per heavy atom. The Morgan fingerprint density at radius 3 is 2.42 bits per heavy atom. The number of nitrogens with zero attached hydrogens (tertiary/aromatic N) is 1. The lowest BCUT2D eigenvalue weighted by molar-refractivity contribution is -0.384. The van der Waals surface area contributed by atoms with E-state index >= 15 is 0 Å². The number of amides is 1. The summed E-state index contributed by atoms with van der Waals surface area (Å²) in [5.41, 5.74) is 2.50. The molecule has 8 nitrogen and oxygen atoms in total. The molecule has 3 aromatic rings. The van der Waals surface area contributed by atoms with Crippen LogP contribution in [0.3, 0.4) is 0 Å². The molecule has 170 valence electrons. The summed E-state index contributed by atoms with van der Waals surface area (Å²) in [7, 11) is 1.55. The van der Waals surface area contributed by atoms with Gasteiger partial charge in [-0.1, -0.05) is 48.5 Å². The highest BCUT2D eigenvalue weighted by Crippen LogP contribution is 2.28. The molecule has 1 amide bonds. The van der Waals surface area contributed by atoms with Crippen molar-refractivity contribution in [3.8, 4) is 5.75 Å². The van der Waals surface area contributed by atoms with Crippen molar-refractivity contribution in [2.75, 3.05) is 12.4 Å². The van der Waals surface area contributed by atoms with E-state index in [4.69, 9.17) is 9.47 Å². The Morgan fingerprint density at radius 2 is 1.76 bits per heavy atom. The number of anilines is 1. The number of hydrogen-bond acceptors (Lipinski definition) is 6. The zero-order valence-electron chi connectivity index (χ0n) is 18.5. The van der Waals surface area contributed by atoms with Crippen LogP contribution in [0.4, 0.5) is 11.4 Å². The summed E-state index contributed by atoms with van der Waals surface area (Å²) in [4.78, 5) is 36.6. The van der Waals surface area contributed by atoms with Gasteiger partial charge in [0, 0.05) is 11.6 Å². The quantitative estimate of drug-likeness (QED) is 0.304. The highest BCUT2D eigenvalue weighted by atomic mass is 16.6. The predicted molar refractivity (Wildman–Crippen MR) is 123 cm³/mol. The normalized spacial score (nSPS) is 11.4. The van der Waals surface area contributed by atoms with Crippen LogP contribution in [-0.4, -0.2) is 23.9 Å². The Balaban J connectivity index is 1.83. The van der Waals surface area contributed by atoms with E-state index in [2.05, 4.69) is 5.32 Å². The third-order valence-corrected chi connectivity index (χ3v) is 5.02. The fourth-order valence-electron chi connectivity index (χ4n) is 3.31. The average Bonchev–Trinajstić information content (AvgIpc) is 2.80. The number of rotatable bonds is 8. The Bertz CT molecular complexity index is 1180. The maximum absolute atomic E-state index is 13.1. The molecule has 0 spiro atoms. The van der Waals surface area contributed by atoms with Crippen molar-refractivity contribution in [3.63, 3.8) is 0 Å². The first-order valence-corrected chi connectivity index (χ1v) is 10.2. The molecule has 0 aliphatic rings. The van der Waals surface area contributed by atoms with E-state index in [1.165, 1.54) is 12.1 Å². The average molecular weight is 448 g/mol. The van der Waals surface area contributed by atoms with Gasteiger partial charge >= 0.3 is 5.97 Å². The molecule has 0 heterocycles. The Kier molecular flexibility index (Phi) is 7.40. The van der Waals surface area contributed by atoms with Crippen molar-refractivity contribution >= 4 is 23.3 Å². The van der Waals surface area contributed by atoms with Crippen LogP contribution in [0.25, 0.3) is 0 Å². The topological polar surface area (TPSA) is 108 Å². The van der Waals surface area contributed by atoms with Crippen molar-refractivity contribution in [2.45, 2.75) is 26.4 Å². The molecular formula is C25H24N2O6. The molecule has 3 rings (SSSR count). The smallest absolute Gasteiger partial charge is 0.311 e. The van der Waals surface area contributed by atoms with E-state index in [-0.39, 0.29) is 17.8 Å². The van der Waals surface area contributed by atoms with Gasteiger partial charge in [0.1, 0.15) is 11.4 Å². The molecule has 0 bridgehead atoms. The van der Waals surface area contributed by atoms with E-state index in [1.807, 2.05) is 13.0 Å². The van der Waals surface area contributed by atoms with Crippen molar-refractivity contribution < 1.29 is 24.0 Å². The third kappa shape index (κ3) is 5.94. The second-order valence-corrected chi connectivity index (χ2v) is 7.53. The standard InChI is InChI=1S/C25H24N2O6/c1-16-9-12-20(21(13-16)27(30)31)26-25(29)24(19-7-5-4-6-8-19)33-23(28)15-18-11-10-17(2)22(14-18)32-3/h4-14,24H,15H2,1-3H3,(H,26,29). The van der Waals surface area contributed by atoms with E-state index in [1.54, 1.807) is 62.6 Å². The fourth-order valence-corrected chi connectivity index (χ4v) is 3.31. The van der Waals surface area contributed by atoms with E-state index in [9.17, 15) is 19.7 Å². The van der Waals surface area contributed by atoms with E-state index in [0.29, 0.717) is 22.4 Å². The third-order valence-electron chi connectivity index (χ3n) is 5.02. The summed E-state index contributed by atoms with van der Waals surface area (Å²) in [5, 5.41) is 13.9. The monoisotopic (exact) mass is 448 g/mol. The van der Waals surface area contributed by atoms with Crippen LogP contribution in [0, 0.1) is 24.0 Å². The second-order valence-electron chi connectivity index (χ2n) is 7.53. The minimum absolute atomic E-state index is 0.0239. The number of benzene rings is 3. The van der Waals surface area contributed by atoms with Gasteiger partial charge in [-0.05, 0) is 42.7 Å². The van der Waals surface area contributed by atoms with Gasteiger partial charge < -0.3 is 14.8 Å². The minimum Gasteiger partial charge on any atom is -0.496 e. The number of methoxy groups -OCH3 is 1. The van der Waals surface area contributed by atoms with Gasteiger partial charge in [0.2, 0.25) is 6.10 Å². The van der Waals surface area contributed by atoms with Crippen LogP contribution >= 0.6 is 0 Å². The molecule has 0 fully saturated rings. The number of nitro groups is 1. The van der Waals surface area contributed by atoms with Crippen LogP contribution < -0.4 is 10.1 Å². The van der Waals surface area contributed by atoms with Gasteiger partial charge in [-0.3, -0.25) is 19.7 Å². The molecule has 1 unspecified atom stereocenters. The first-order valence-electron chi connectivity index (χ1n) is 10.2. The Hall–Kier alpha value is -4.20. The summed E-state index contributed by atoms with van der Waals surface area (Å²) >= 11 is 0. The number of aryl methyl sites for hydroxylation is 2. The summed E-state index contributed by atoms with van der Waals surface area (Å²) in [6, 6.07) is 18.3. The van der Waals surface area contributed by atoms with Crippen molar-refractivity contribution in [1.29, 1.82) is 0 Å². The molecule has 0 saturated heterocycles. The number of esters is 1. The van der Waals surface area contributed by atoms with Crippen molar-refractivity contribution in [1.82, 2.24) is 0 Å². The van der Waals surface area contributed by atoms with Crippen LogP contribution in [0.15, 0.2) is 66.7 Å². The molecule has 3 aromatic carbocycles. The molecule has 0 aromatic heterocycles. The second kappa shape index (κ2) is 10.4. The van der Waals surface area contributed by atoms with Gasteiger partial charge in [-0.15, -0.1) is 0 Å². The summed E-state index contributed by atoms with van der Waals surface area (Å²) in [6.45, 7) is 3.61. The van der Waals surface area contributed by atoms with Gasteiger partial charge in [-0.25, -0.2) is 0 Å². The van der Waals surface area contributed by atoms with Crippen LogP contribution in [0.5, 0.6) is 5.75 Å². The van der Waals surface area contributed by atoms with Gasteiger partial charge in [0.05, 0.1) is 18.5 Å². The zero-order valence-corrected chi connectivity index (χ0v) is 18.5. The zero-order chi connectivity index (χ0) is 24.0. The minimum atomic E-state index is -1.29.